The van der Waals surface area contributed by atoms with E-state index in [9.17, 15) is 17.6 Å². The highest BCUT2D eigenvalue weighted by molar-refractivity contribution is 7.80. The standard InChI is InChI=1S/C27H22F4N2OS/c28-20-5-6-22(24(29)14-20)23-13-18(11-19-12-21(15-32)34-25(19)23)16-1-3-17(4-2-16)26(35)33-9-7-27(30,31)8-10-33/h1-6,11-14H,7-10,15,32H2. The maximum Gasteiger partial charge on any atom is 0.251 e. The van der Waals surface area contributed by atoms with Crippen LogP contribution in [0.2, 0.25) is 0 Å². The predicted octanol–water partition coefficient (Wildman–Crippen LogP) is 6.91. The van der Waals surface area contributed by atoms with Crippen molar-refractivity contribution in [1.82, 2.24) is 4.90 Å². The van der Waals surface area contributed by atoms with E-state index in [0.29, 0.717) is 21.9 Å². The van der Waals surface area contributed by atoms with Crippen molar-refractivity contribution in [1.29, 1.82) is 0 Å². The highest BCUT2D eigenvalue weighted by atomic mass is 32.1. The van der Waals surface area contributed by atoms with Crippen LogP contribution in [0.15, 0.2) is 65.1 Å². The summed E-state index contributed by atoms with van der Waals surface area (Å²) >= 11 is 5.55. The molecule has 3 aromatic carbocycles. The zero-order valence-corrected chi connectivity index (χ0v) is 19.5. The van der Waals surface area contributed by atoms with E-state index >= 15 is 0 Å². The Morgan fingerprint density at radius 3 is 2.29 bits per heavy atom. The van der Waals surface area contributed by atoms with Crippen LogP contribution in [0.3, 0.4) is 0 Å². The number of nitrogens with two attached hydrogens (primary N) is 1. The van der Waals surface area contributed by atoms with Gasteiger partial charge in [-0.1, -0.05) is 36.5 Å². The molecule has 1 aromatic heterocycles. The van der Waals surface area contributed by atoms with Crippen LogP contribution >= 0.6 is 12.2 Å². The van der Waals surface area contributed by atoms with Crippen LogP contribution in [-0.2, 0) is 6.54 Å². The summed E-state index contributed by atoms with van der Waals surface area (Å²) in [5.74, 6) is -3.44. The number of thiocarbonyl (C=S) groups is 1. The molecule has 4 aromatic rings. The molecule has 0 aliphatic carbocycles. The topological polar surface area (TPSA) is 42.4 Å². The molecule has 3 nitrogen and oxygen atoms in total. The van der Waals surface area contributed by atoms with Crippen molar-refractivity contribution in [2.75, 3.05) is 13.1 Å². The van der Waals surface area contributed by atoms with E-state index in [1.807, 2.05) is 35.2 Å². The molecule has 180 valence electrons. The third kappa shape index (κ3) is 4.68. The van der Waals surface area contributed by atoms with Crippen LogP contribution in [0.4, 0.5) is 17.6 Å². The number of hydrogen-bond acceptors (Lipinski definition) is 3. The van der Waals surface area contributed by atoms with Gasteiger partial charge in [-0.2, -0.15) is 0 Å². The molecule has 35 heavy (non-hydrogen) atoms. The maximum atomic E-state index is 14.7. The first-order valence-corrected chi connectivity index (χ1v) is 11.6. The lowest BCUT2D eigenvalue weighted by molar-refractivity contribution is -0.0430. The van der Waals surface area contributed by atoms with E-state index in [-0.39, 0.29) is 38.0 Å². The van der Waals surface area contributed by atoms with Gasteiger partial charge in [0, 0.05) is 54.1 Å². The molecule has 1 saturated heterocycles. The number of rotatable bonds is 4. The number of hydrogen-bond donors (Lipinski definition) is 1. The Kier molecular flexibility index (Phi) is 6.11. The van der Waals surface area contributed by atoms with Crippen LogP contribution in [0.1, 0.15) is 24.2 Å². The molecule has 2 heterocycles. The SMILES string of the molecule is NCc1cc2cc(-c3ccc(C(=S)N4CCC(F)(F)CC4)cc3)cc(-c3ccc(F)cc3F)c2o1. The Morgan fingerprint density at radius 2 is 1.63 bits per heavy atom. The number of benzene rings is 3. The molecule has 1 aliphatic rings. The molecular formula is C27H22F4N2OS. The Morgan fingerprint density at radius 1 is 0.914 bits per heavy atom. The number of furan rings is 1. The molecule has 0 unspecified atom stereocenters. The van der Waals surface area contributed by atoms with Gasteiger partial charge in [-0.05, 0) is 41.5 Å². The third-order valence-corrected chi connectivity index (χ3v) is 6.83. The lowest BCUT2D eigenvalue weighted by Crippen LogP contribution is -2.42. The first-order valence-electron chi connectivity index (χ1n) is 11.2. The first-order chi connectivity index (χ1) is 16.7. The summed E-state index contributed by atoms with van der Waals surface area (Å²) in [5.41, 5.74) is 9.35. The average Bonchev–Trinajstić information content (AvgIpc) is 3.27. The molecule has 1 aliphatic heterocycles. The third-order valence-electron chi connectivity index (χ3n) is 6.34. The van der Waals surface area contributed by atoms with Crippen molar-refractivity contribution in [3.8, 4) is 22.3 Å². The Hall–Kier alpha value is -3.23. The molecule has 0 amide bonds. The summed E-state index contributed by atoms with van der Waals surface area (Å²) in [4.78, 5) is 2.35. The lowest BCUT2D eigenvalue weighted by Gasteiger charge is -2.33. The number of halogens is 4. The van der Waals surface area contributed by atoms with E-state index in [2.05, 4.69) is 0 Å². The minimum Gasteiger partial charge on any atom is -0.459 e. The van der Waals surface area contributed by atoms with Gasteiger partial charge in [0.05, 0.1) is 6.54 Å². The number of alkyl halides is 2. The molecule has 5 rings (SSSR count). The fraction of sp³-hybridized carbons (Fsp3) is 0.222. The van der Waals surface area contributed by atoms with E-state index in [1.54, 1.807) is 12.1 Å². The van der Waals surface area contributed by atoms with E-state index in [0.717, 1.165) is 28.1 Å². The number of fused-ring (bicyclic) bond motifs is 1. The zero-order valence-electron chi connectivity index (χ0n) is 18.7. The summed E-state index contributed by atoms with van der Waals surface area (Å²) in [6.07, 6.45) is -0.410. The van der Waals surface area contributed by atoms with Gasteiger partial charge in [-0.25, -0.2) is 17.6 Å². The second kappa shape index (κ2) is 9.09. The summed E-state index contributed by atoms with van der Waals surface area (Å²) in [5, 5.41) is 0.746. The van der Waals surface area contributed by atoms with Gasteiger partial charge in [-0.3, -0.25) is 0 Å². The Labute approximate surface area is 205 Å². The molecule has 0 atom stereocenters. The van der Waals surface area contributed by atoms with Crippen LogP contribution in [0.5, 0.6) is 0 Å². The van der Waals surface area contributed by atoms with Crippen LogP contribution in [-0.4, -0.2) is 28.9 Å². The average molecular weight is 499 g/mol. The number of likely N-dealkylation sites (tertiary alicyclic amines) is 1. The van der Waals surface area contributed by atoms with Crippen LogP contribution < -0.4 is 5.73 Å². The number of nitrogens with zero attached hydrogens (tertiary/aromatic N) is 1. The predicted molar refractivity (Wildman–Crippen MR) is 132 cm³/mol. The van der Waals surface area contributed by atoms with Crippen molar-refractivity contribution in [2.24, 2.45) is 5.73 Å². The Balaban J connectivity index is 1.50. The first kappa shape index (κ1) is 23.5. The molecule has 0 saturated carbocycles. The maximum absolute atomic E-state index is 14.7. The minimum absolute atomic E-state index is 0.184. The fourth-order valence-corrected chi connectivity index (χ4v) is 4.73. The zero-order chi connectivity index (χ0) is 24.7. The largest absolute Gasteiger partial charge is 0.459 e. The van der Waals surface area contributed by atoms with Crippen molar-refractivity contribution >= 4 is 28.2 Å². The van der Waals surface area contributed by atoms with Gasteiger partial charge in [0.1, 0.15) is 28.0 Å². The van der Waals surface area contributed by atoms with Crippen molar-refractivity contribution in [3.05, 3.63) is 83.6 Å². The normalized spacial score (nSPS) is 15.5. The van der Waals surface area contributed by atoms with Crippen molar-refractivity contribution in [3.63, 3.8) is 0 Å². The molecular weight excluding hydrogens is 476 g/mol. The molecule has 0 bridgehead atoms. The van der Waals surface area contributed by atoms with E-state index in [4.69, 9.17) is 22.4 Å². The van der Waals surface area contributed by atoms with Crippen molar-refractivity contribution < 1.29 is 22.0 Å². The summed E-state index contributed by atoms with van der Waals surface area (Å²) in [6.45, 7) is 0.631. The quantitative estimate of drug-likeness (QED) is 0.245. The summed E-state index contributed by atoms with van der Waals surface area (Å²) < 4.78 is 61.0. The second-order valence-corrected chi connectivity index (χ2v) is 9.10. The lowest BCUT2D eigenvalue weighted by atomic mass is 9.95. The Bertz CT molecular complexity index is 1400. The van der Waals surface area contributed by atoms with Gasteiger partial charge < -0.3 is 15.1 Å². The van der Waals surface area contributed by atoms with Crippen LogP contribution in [0, 0.1) is 11.6 Å². The summed E-state index contributed by atoms with van der Waals surface area (Å²) in [7, 11) is 0. The smallest absolute Gasteiger partial charge is 0.251 e. The van der Waals surface area contributed by atoms with Crippen molar-refractivity contribution in [2.45, 2.75) is 25.3 Å². The van der Waals surface area contributed by atoms with Gasteiger partial charge in [0.25, 0.3) is 5.92 Å². The molecule has 2 N–H and O–H groups in total. The van der Waals surface area contributed by atoms with E-state index in [1.165, 1.54) is 12.1 Å². The monoisotopic (exact) mass is 498 g/mol. The van der Waals surface area contributed by atoms with E-state index < -0.39 is 17.6 Å². The minimum atomic E-state index is -2.63. The van der Waals surface area contributed by atoms with Crippen LogP contribution in [0.25, 0.3) is 33.2 Å². The summed E-state index contributed by atoms with van der Waals surface area (Å²) in [6, 6.07) is 16.4. The highest BCUT2D eigenvalue weighted by Gasteiger charge is 2.34. The van der Waals surface area contributed by atoms with Gasteiger partial charge in [0.2, 0.25) is 0 Å². The fourth-order valence-electron chi connectivity index (χ4n) is 4.41. The van der Waals surface area contributed by atoms with Gasteiger partial charge in [-0.15, -0.1) is 0 Å². The molecule has 1 fully saturated rings. The van der Waals surface area contributed by atoms with Gasteiger partial charge in [0.15, 0.2) is 0 Å². The highest BCUT2D eigenvalue weighted by Crippen LogP contribution is 2.37. The number of piperidine rings is 1. The van der Waals surface area contributed by atoms with Gasteiger partial charge >= 0.3 is 0 Å². The molecule has 0 spiro atoms. The molecule has 8 heteroatoms. The second-order valence-electron chi connectivity index (χ2n) is 8.71. The molecule has 0 radical (unpaired) electrons.